The summed E-state index contributed by atoms with van der Waals surface area (Å²) in [4.78, 5) is 26.8. The molecule has 122 valence electrons. The van der Waals surface area contributed by atoms with Gasteiger partial charge in [0.15, 0.2) is 0 Å². The standard InChI is InChI=1S/C18H23N3O2/c1-12-5-6-15-14(11-12)16(22)20-18(19-15)7-9-21(10-8-18)17(23)13-3-2-4-13/h5-6,11,13,19H,2-4,7-10H2,1H3,(H,20,22). The summed E-state index contributed by atoms with van der Waals surface area (Å²) >= 11 is 0. The van der Waals surface area contributed by atoms with Crippen LogP contribution in [-0.4, -0.2) is 35.5 Å². The highest BCUT2D eigenvalue weighted by atomic mass is 16.2. The molecule has 1 spiro atoms. The number of fused-ring (bicyclic) bond motifs is 1. The maximum atomic E-state index is 12.5. The Morgan fingerprint density at radius 2 is 1.96 bits per heavy atom. The molecule has 2 amide bonds. The van der Waals surface area contributed by atoms with Gasteiger partial charge in [-0.05, 0) is 31.9 Å². The van der Waals surface area contributed by atoms with Crippen LogP contribution in [0.4, 0.5) is 5.69 Å². The number of piperidine rings is 1. The Labute approximate surface area is 136 Å². The molecule has 5 heteroatoms. The lowest BCUT2D eigenvalue weighted by Gasteiger charge is -2.46. The number of nitrogens with one attached hydrogen (secondary N) is 2. The lowest BCUT2D eigenvalue weighted by atomic mass is 9.83. The van der Waals surface area contributed by atoms with Gasteiger partial charge in [0.2, 0.25) is 5.91 Å². The van der Waals surface area contributed by atoms with Crippen molar-refractivity contribution in [2.24, 2.45) is 5.92 Å². The molecule has 5 nitrogen and oxygen atoms in total. The van der Waals surface area contributed by atoms with E-state index in [0.29, 0.717) is 24.6 Å². The molecular weight excluding hydrogens is 290 g/mol. The lowest BCUT2D eigenvalue weighted by molar-refractivity contribution is -0.139. The summed E-state index contributed by atoms with van der Waals surface area (Å²) in [6, 6.07) is 5.92. The van der Waals surface area contributed by atoms with E-state index in [-0.39, 0.29) is 11.8 Å². The SMILES string of the molecule is Cc1ccc2c(c1)C(=O)NC1(CCN(C(=O)C3CCC3)CC1)N2. The van der Waals surface area contributed by atoms with E-state index in [2.05, 4.69) is 10.6 Å². The molecule has 0 atom stereocenters. The number of carbonyl (C=O) groups is 2. The number of amides is 2. The van der Waals surface area contributed by atoms with Crippen molar-refractivity contribution >= 4 is 17.5 Å². The fraction of sp³-hybridized carbons (Fsp3) is 0.556. The van der Waals surface area contributed by atoms with E-state index in [1.807, 2.05) is 30.0 Å². The molecule has 0 unspecified atom stereocenters. The Balaban J connectivity index is 1.48. The first-order valence-corrected chi connectivity index (χ1v) is 8.56. The van der Waals surface area contributed by atoms with Crippen molar-refractivity contribution in [3.63, 3.8) is 0 Å². The quantitative estimate of drug-likeness (QED) is 0.836. The van der Waals surface area contributed by atoms with Crippen molar-refractivity contribution in [1.29, 1.82) is 0 Å². The van der Waals surface area contributed by atoms with Crippen molar-refractivity contribution in [1.82, 2.24) is 10.2 Å². The second kappa shape index (κ2) is 5.25. The number of aryl methyl sites for hydroxylation is 1. The van der Waals surface area contributed by atoms with Crippen LogP contribution in [0.2, 0.25) is 0 Å². The van der Waals surface area contributed by atoms with Gasteiger partial charge in [-0.25, -0.2) is 0 Å². The van der Waals surface area contributed by atoms with E-state index in [4.69, 9.17) is 0 Å². The zero-order chi connectivity index (χ0) is 16.0. The van der Waals surface area contributed by atoms with Crippen LogP contribution in [0.3, 0.4) is 0 Å². The number of carbonyl (C=O) groups excluding carboxylic acids is 2. The minimum absolute atomic E-state index is 0.0128. The van der Waals surface area contributed by atoms with Crippen molar-refractivity contribution in [2.75, 3.05) is 18.4 Å². The molecule has 3 aliphatic rings. The van der Waals surface area contributed by atoms with Crippen molar-refractivity contribution in [3.05, 3.63) is 29.3 Å². The van der Waals surface area contributed by atoms with E-state index in [1.165, 1.54) is 6.42 Å². The van der Waals surface area contributed by atoms with Crippen LogP contribution in [0.15, 0.2) is 18.2 Å². The number of hydrogen-bond donors (Lipinski definition) is 2. The average molecular weight is 313 g/mol. The third-order valence-corrected chi connectivity index (χ3v) is 5.53. The van der Waals surface area contributed by atoms with Crippen LogP contribution in [0.25, 0.3) is 0 Å². The van der Waals surface area contributed by atoms with Crippen LogP contribution in [0.5, 0.6) is 0 Å². The summed E-state index contributed by atoms with van der Waals surface area (Å²) in [6.07, 6.45) is 4.78. The largest absolute Gasteiger partial charge is 0.362 e. The molecule has 0 bridgehead atoms. The van der Waals surface area contributed by atoms with E-state index in [9.17, 15) is 9.59 Å². The number of benzene rings is 1. The van der Waals surface area contributed by atoms with Gasteiger partial charge in [-0.2, -0.15) is 0 Å². The topological polar surface area (TPSA) is 61.4 Å². The summed E-state index contributed by atoms with van der Waals surface area (Å²) in [5, 5.41) is 6.66. The van der Waals surface area contributed by atoms with Crippen LogP contribution in [0.1, 0.15) is 48.0 Å². The summed E-state index contributed by atoms with van der Waals surface area (Å²) in [5.41, 5.74) is 2.29. The van der Waals surface area contributed by atoms with Gasteiger partial charge in [0.05, 0.1) is 5.56 Å². The van der Waals surface area contributed by atoms with E-state index < -0.39 is 5.66 Å². The number of likely N-dealkylation sites (tertiary alicyclic amines) is 1. The van der Waals surface area contributed by atoms with Gasteiger partial charge in [-0.3, -0.25) is 9.59 Å². The number of rotatable bonds is 1. The van der Waals surface area contributed by atoms with Gasteiger partial charge in [-0.1, -0.05) is 18.1 Å². The Kier molecular flexibility index (Phi) is 3.32. The summed E-state index contributed by atoms with van der Waals surface area (Å²) in [6.45, 7) is 3.41. The van der Waals surface area contributed by atoms with Gasteiger partial charge in [-0.15, -0.1) is 0 Å². The highest BCUT2D eigenvalue weighted by Gasteiger charge is 2.42. The Hall–Kier alpha value is -2.04. The van der Waals surface area contributed by atoms with Crippen LogP contribution in [-0.2, 0) is 4.79 Å². The van der Waals surface area contributed by atoms with Gasteiger partial charge in [0, 0.05) is 37.5 Å². The van der Waals surface area contributed by atoms with Crippen molar-refractivity contribution in [3.8, 4) is 0 Å². The molecule has 1 aromatic rings. The summed E-state index contributed by atoms with van der Waals surface area (Å²) in [7, 11) is 0. The summed E-state index contributed by atoms with van der Waals surface area (Å²) in [5.74, 6) is 0.548. The van der Waals surface area contributed by atoms with E-state index in [1.54, 1.807) is 0 Å². The maximum absolute atomic E-state index is 12.5. The third-order valence-electron chi connectivity index (χ3n) is 5.53. The molecule has 23 heavy (non-hydrogen) atoms. The highest BCUT2D eigenvalue weighted by molar-refractivity contribution is 6.02. The van der Waals surface area contributed by atoms with E-state index >= 15 is 0 Å². The fourth-order valence-corrected chi connectivity index (χ4v) is 3.80. The normalized spacial score (nSPS) is 22.8. The Morgan fingerprint density at radius 3 is 2.61 bits per heavy atom. The molecule has 2 fully saturated rings. The fourth-order valence-electron chi connectivity index (χ4n) is 3.80. The second-order valence-corrected chi connectivity index (χ2v) is 7.16. The van der Waals surface area contributed by atoms with Gasteiger partial charge < -0.3 is 15.5 Å². The van der Waals surface area contributed by atoms with E-state index in [0.717, 1.165) is 36.9 Å². The molecule has 1 aliphatic carbocycles. The first-order chi connectivity index (χ1) is 11.1. The highest BCUT2D eigenvalue weighted by Crippen LogP contribution is 2.34. The molecular formula is C18H23N3O2. The molecule has 1 saturated carbocycles. The van der Waals surface area contributed by atoms with Crippen LogP contribution < -0.4 is 10.6 Å². The predicted molar refractivity (Wildman–Crippen MR) is 88.2 cm³/mol. The van der Waals surface area contributed by atoms with Crippen molar-refractivity contribution < 1.29 is 9.59 Å². The molecule has 1 saturated heterocycles. The van der Waals surface area contributed by atoms with Crippen LogP contribution in [0, 0.1) is 12.8 Å². The number of hydrogen-bond acceptors (Lipinski definition) is 3. The predicted octanol–water partition coefficient (Wildman–Crippen LogP) is 2.27. The smallest absolute Gasteiger partial charge is 0.255 e. The molecule has 2 N–H and O–H groups in total. The third kappa shape index (κ3) is 2.48. The molecule has 1 aromatic carbocycles. The monoisotopic (exact) mass is 313 g/mol. The molecule has 0 aromatic heterocycles. The first kappa shape index (κ1) is 14.5. The van der Waals surface area contributed by atoms with Crippen molar-refractivity contribution in [2.45, 2.75) is 44.7 Å². The second-order valence-electron chi connectivity index (χ2n) is 7.16. The Bertz CT molecular complexity index is 658. The van der Waals surface area contributed by atoms with Gasteiger partial charge >= 0.3 is 0 Å². The minimum Gasteiger partial charge on any atom is -0.362 e. The molecule has 2 aliphatic heterocycles. The van der Waals surface area contributed by atoms with Crippen LogP contribution >= 0.6 is 0 Å². The zero-order valence-corrected chi connectivity index (χ0v) is 13.5. The molecule has 2 heterocycles. The Morgan fingerprint density at radius 1 is 1.22 bits per heavy atom. The van der Waals surface area contributed by atoms with Gasteiger partial charge in [0.25, 0.3) is 5.91 Å². The summed E-state index contributed by atoms with van der Waals surface area (Å²) < 4.78 is 0. The number of nitrogens with zero attached hydrogens (tertiary/aromatic N) is 1. The van der Waals surface area contributed by atoms with Gasteiger partial charge in [0.1, 0.15) is 5.66 Å². The zero-order valence-electron chi connectivity index (χ0n) is 13.5. The average Bonchev–Trinajstić information content (AvgIpc) is 2.47. The maximum Gasteiger partial charge on any atom is 0.255 e. The first-order valence-electron chi connectivity index (χ1n) is 8.56. The lowest BCUT2D eigenvalue weighted by Crippen LogP contribution is -2.63. The molecule has 4 rings (SSSR count). The molecule has 0 radical (unpaired) electrons. The number of anilines is 1. The minimum atomic E-state index is -0.407.